The zero-order valence-electron chi connectivity index (χ0n) is 11.9. The maximum atomic E-state index is 12.1. The largest absolute Gasteiger partial charge is 0.464 e. The van der Waals surface area contributed by atoms with Crippen LogP contribution in [0.3, 0.4) is 0 Å². The molecule has 1 amide bonds. The minimum atomic E-state index is 0.0307. The molecule has 4 nitrogen and oxygen atoms in total. The normalized spacial score (nSPS) is 18.6. The van der Waals surface area contributed by atoms with Gasteiger partial charge >= 0.3 is 0 Å². The first-order valence-electron chi connectivity index (χ1n) is 6.98. The molecule has 3 rings (SSSR count). The average Bonchev–Trinajstić information content (AvgIpc) is 2.99. The molecule has 1 N–H and O–H groups in total. The van der Waals surface area contributed by atoms with Crippen molar-refractivity contribution >= 4 is 16.9 Å². The second kappa shape index (κ2) is 5.29. The maximum Gasteiger partial charge on any atom is 0.224 e. The average molecular weight is 273 g/mol. The molecule has 4 heteroatoms. The summed E-state index contributed by atoms with van der Waals surface area (Å²) in [6.45, 7) is 5.45. The van der Waals surface area contributed by atoms with E-state index in [2.05, 4.69) is 18.3 Å². The quantitative estimate of drug-likeness (QED) is 0.934. The molecule has 1 unspecified atom stereocenters. The number of benzene rings is 1. The molecule has 0 bridgehead atoms. The van der Waals surface area contributed by atoms with Crippen LogP contribution < -0.4 is 5.32 Å². The van der Waals surface area contributed by atoms with Crippen LogP contribution in [0.2, 0.25) is 0 Å². The fourth-order valence-electron chi connectivity index (χ4n) is 2.86. The molecule has 1 aromatic heterocycles. The van der Waals surface area contributed by atoms with Gasteiger partial charge in [-0.05, 0) is 37.5 Å². The van der Waals surface area contributed by atoms with Crippen LogP contribution in [-0.2, 0) is 16.0 Å². The van der Waals surface area contributed by atoms with E-state index in [1.54, 1.807) is 6.26 Å². The summed E-state index contributed by atoms with van der Waals surface area (Å²) in [4.78, 5) is 12.1. The Kier molecular flexibility index (Phi) is 3.49. The smallest absolute Gasteiger partial charge is 0.224 e. The van der Waals surface area contributed by atoms with Crippen molar-refractivity contribution in [2.75, 3.05) is 13.2 Å². The Morgan fingerprint density at radius 3 is 3.00 bits per heavy atom. The lowest BCUT2D eigenvalue weighted by Crippen LogP contribution is -2.35. The highest BCUT2D eigenvalue weighted by atomic mass is 16.5. The third-order valence-corrected chi connectivity index (χ3v) is 3.74. The number of carbonyl (C=O) groups excluding carboxylic acids is 1. The molecular weight excluding hydrogens is 254 g/mol. The molecule has 1 saturated heterocycles. The first kappa shape index (κ1) is 13.2. The zero-order valence-corrected chi connectivity index (χ0v) is 11.9. The van der Waals surface area contributed by atoms with Gasteiger partial charge in [0.25, 0.3) is 0 Å². The lowest BCUT2D eigenvalue weighted by Gasteiger charge is -2.10. The molecule has 2 aromatic rings. The van der Waals surface area contributed by atoms with Crippen molar-refractivity contribution in [2.45, 2.75) is 32.7 Å². The molecule has 106 valence electrons. The molecular formula is C16H19NO3. The summed E-state index contributed by atoms with van der Waals surface area (Å²) in [7, 11) is 0. The fourth-order valence-corrected chi connectivity index (χ4v) is 2.86. The maximum absolute atomic E-state index is 12.1. The highest BCUT2D eigenvalue weighted by Crippen LogP contribution is 2.26. The predicted molar refractivity (Wildman–Crippen MR) is 76.8 cm³/mol. The SMILES string of the molecule is Cc1cc(C)c2c(CC(=O)NC3CCOC3)coc2c1. The van der Waals surface area contributed by atoms with E-state index in [-0.39, 0.29) is 11.9 Å². The van der Waals surface area contributed by atoms with E-state index in [1.165, 1.54) is 5.56 Å². The molecule has 0 radical (unpaired) electrons. The van der Waals surface area contributed by atoms with Crippen LogP contribution >= 0.6 is 0 Å². The second-order valence-electron chi connectivity index (χ2n) is 5.52. The summed E-state index contributed by atoms with van der Waals surface area (Å²) in [5.74, 6) is 0.0307. The first-order valence-corrected chi connectivity index (χ1v) is 6.98. The zero-order chi connectivity index (χ0) is 14.1. The highest BCUT2D eigenvalue weighted by molar-refractivity contribution is 5.90. The van der Waals surface area contributed by atoms with E-state index in [1.807, 2.05) is 13.0 Å². The van der Waals surface area contributed by atoms with Gasteiger partial charge < -0.3 is 14.5 Å². The number of nitrogens with one attached hydrogen (secondary N) is 1. The molecule has 1 atom stereocenters. The summed E-state index contributed by atoms with van der Waals surface area (Å²) >= 11 is 0. The van der Waals surface area contributed by atoms with E-state index < -0.39 is 0 Å². The van der Waals surface area contributed by atoms with E-state index in [4.69, 9.17) is 9.15 Å². The van der Waals surface area contributed by atoms with E-state index in [0.29, 0.717) is 13.0 Å². The van der Waals surface area contributed by atoms with Gasteiger partial charge in [-0.3, -0.25) is 4.79 Å². The number of rotatable bonds is 3. The molecule has 0 aliphatic carbocycles. The van der Waals surface area contributed by atoms with E-state index >= 15 is 0 Å². The minimum Gasteiger partial charge on any atom is -0.464 e. The van der Waals surface area contributed by atoms with Gasteiger partial charge in [0.05, 0.1) is 25.3 Å². The van der Waals surface area contributed by atoms with Crippen molar-refractivity contribution in [1.29, 1.82) is 0 Å². The van der Waals surface area contributed by atoms with Crippen LogP contribution in [0.25, 0.3) is 11.0 Å². The monoisotopic (exact) mass is 273 g/mol. The summed E-state index contributed by atoms with van der Waals surface area (Å²) in [6.07, 6.45) is 2.95. The molecule has 2 heterocycles. The van der Waals surface area contributed by atoms with Crippen LogP contribution in [0.4, 0.5) is 0 Å². The van der Waals surface area contributed by atoms with Crippen LogP contribution in [0.5, 0.6) is 0 Å². The van der Waals surface area contributed by atoms with Gasteiger partial charge in [-0.2, -0.15) is 0 Å². The number of carbonyl (C=O) groups is 1. The number of fused-ring (bicyclic) bond motifs is 1. The topological polar surface area (TPSA) is 51.5 Å². The van der Waals surface area contributed by atoms with Crippen molar-refractivity contribution in [3.63, 3.8) is 0 Å². The van der Waals surface area contributed by atoms with Crippen molar-refractivity contribution in [3.8, 4) is 0 Å². The molecule has 1 fully saturated rings. The lowest BCUT2D eigenvalue weighted by molar-refractivity contribution is -0.121. The summed E-state index contributed by atoms with van der Waals surface area (Å²) < 4.78 is 10.8. The second-order valence-corrected chi connectivity index (χ2v) is 5.52. The van der Waals surface area contributed by atoms with Gasteiger partial charge in [0.1, 0.15) is 5.58 Å². The highest BCUT2D eigenvalue weighted by Gasteiger charge is 2.19. The van der Waals surface area contributed by atoms with Crippen LogP contribution in [0.1, 0.15) is 23.1 Å². The molecule has 0 spiro atoms. The lowest BCUT2D eigenvalue weighted by atomic mass is 10.0. The van der Waals surface area contributed by atoms with Gasteiger partial charge in [0.2, 0.25) is 5.91 Å². The number of amides is 1. The Labute approximate surface area is 118 Å². The van der Waals surface area contributed by atoms with Crippen molar-refractivity contribution in [3.05, 3.63) is 35.1 Å². The molecule has 1 aliphatic heterocycles. The van der Waals surface area contributed by atoms with E-state index in [9.17, 15) is 4.79 Å². The predicted octanol–water partition coefficient (Wildman–Crippen LogP) is 2.50. The third-order valence-electron chi connectivity index (χ3n) is 3.74. The summed E-state index contributed by atoms with van der Waals surface area (Å²) in [6, 6.07) is 4.28. The fraction of sp³-hybridized carbons (Fsp3) is 0.438. The number of aryl methyl sites for hydroxylation is 2. The summed E-state index contributed by atoms with van der Waals surface area (Å²) in [5.41, 5.74) is 4.13. The summed E-state index contributed by atoms with van der Waals surface area (Å²) in [5, 5.41) is 4.07. The molecule has 1 aliphatic rings. The van der Waals surface area contributed by atoms with Gasteiger partial charge in [0.15, 0.2) is 0 Å². The van der Waals surface area contributed by atoms with Gasteiger partial charge in [0, 0.05) is 17.6 Å². The Balaban J connectivity index is 1.78. The Morgan fingerprint density at radius 2 is 2.25 bits per heavy atom. The number of ether oxygens (including phenoxy) is 1. The molecule has 0 saturated carbocycles. The number of hydrogen-bond acceptors (Lipinski definition) is 3. The van der Waals surface area contributed by atoms with Crippen LogP contribution in [0.15, 0.2) is 22.8 Å². The van der Waals surface area contributed by atoms with Crippen LogP contribution in [-0.4, -0.2) is 25.2 Å². The number of hydrogen-bond donors (Lipinski definition) is 1. The van der Waals surface area contributed by atoms with Crippen molar-refractivity contribution < 1.29 is 13.9 Å². The minimum absolute atomic E-state index is 0.0307. The Bertz CT molecular complexity index is 638. The van der Waals surface area contributed by atoms with Gasteiger partial charge in [-0.15, -0.1) is 0 Å². The number of furan rings is 1. The molecule has 20 heavy (non-hydrogen) atoms. The van der Waals surface area contributed by atoms with Crippen molar-refractivity contribution in [1.82, 2.24) is 5.32 Å². The van der Waals surface area contributed by atoms with Crippen LogP contribution in [0, 0.1) is 13.8 Å². The van der Waals surface area contributed by atoms with Gasteiger partial charge in [-0.25, -0.2) is 0 Å². The van der Waals surface area contributed by atoms with Crippen molar-refractivity contribution in [2.24, 2.45) is 0 Å². The standard InChI is InChI=1S/C16H19NO3/c1-10-5-11(2)16-12(8-20-14(16)6-10)7-15(18)17-13-3-4-19-9-13/h5-6,8,13H,3-4,7,9H2,1-2H3,(H,17,18). The van der Waals surface area contributed by atoms with E-state index in [0.717, 1.165) is 35.1 Å². The van der Waals surface area contributed by atoms with Gasteiger partial charge in [-0.1, -0.05) is 6.07 Å². The Hall–Kier alpha value is -1.81. The molecule has 1 aromatic carbocycles. The first-order chi connectivity index (χ1) is 9.63. The third kappa shape index (κ3) is 2.56. The Morgan fingerprint density at radius 1 is 1.40 bits per heavy atom.